The zero-order valence-electron chi connectivity index (χ0n) is 11.3. The van der Waals surface area contributed by atoms with Crippen LogP contribution in [0.1, 0.15) is 24.3 Å². The van der Waals surface area contributed by atoms with Gasteiger partial charge >= 0.3 is 5.97 Å². The molecule has 0 saturated heterocycles. The molecule has 1 N–H and O–H groups in total. The fraction of sp³-hybridized carbons (Fsp3) is 0.545. The Kier molecular flexibility index (Phi) is 4.46. The zero-order chi connectivity index (χ0) is 14.7. The molecular formula is C11H17N3O4S. The van der Waals surface area contributed by atoms with Crippen molar-refractivity contribution in [3.05, 3.63) is 17.8 Å². The third-order valence-electron chi connectivity index (χ3n) is 2.76. The molecule has 8 heteroatoms. The van der Waals surface area contributed by atoms with Crippen molar-refractivity contribution in [2.45, 2.75) is 18.6 Å². The molecular weight excluding hydrogens is 270 g/mol. The lowest BCUT2D eigenvalue weighted by molar-refractivity contribution is 0.0592. The van der Waals surface area contributed by atoms with Gasteiger partial charge in [0.25, 0.3) is 0 Å². The number of ether oxygens (including phenoxy) is 1. The third kappa shape index (κ3) is 3.88. The van der Waals surface area contributed by atoms with E-state index < -0.39 is 20.6 Å². The number of esters is 1. The number of sulfone groups is 1. The molecule has 0 saturated carbocycles. The minimum Gasteiger partial charge on any atom is -0.464 e. The maximum Gasteiger partial charge on any atom is 0.358 e. The number of methoxy groups -OCH3 is 1. The predicted molar refractivity (Wildman–Crippen MR) is 70.8 cm³/mol. The SMILES string of the molecule is COC(=O)c1ccc(NCC(C)(C)S(C)(=O)=O)nn1. The number of carbonyl (C=O) groups excluding carboxylic acids is 1. The van der Waals surface area contributed by atoms with Crippen molar-refractivity contribution in [1.29, 1.82) is 0 Å². The number of hydrogen-bond acceptors (Lipinski definition) is 7. The van der Waals surface area contributed by atoms with Gasteiger partial charge < -0.3 is 10.1 Å². The van der Waals surface area contributed by atoms with E-state index in [1.807, 2.05) is 0 Å². The zero-order valence-corrected chi connectivity index (χ0v) is 12.1. The highest BCUT2D eigenvalue weighted by Crippen LogP contribution is 2.15. The number of nitrogens with one attached hydrogen (secondary N) is 1. The Hall–Kier alpha value is -1.70. The summed E-state index contributed by atoms with van der Waals surface area (Å²) in [6.07, 6.45) is 1.18. The van der Waals surface area contributed by atoms with Crippen LogP contribution in [0, 0.1) is 0 Å². The summed E-state index contributed by atoms with van der Waals surface area (Å²) >= 11 is 0. The monoisotopic (exact) mass is 287 g/mol. The molecule has 7 nitrogen and oxygen atoms in total. The highest BCUT2D eigenvalue weighted by atomic mass is 32.2. The minimum atomic E-state index is -3.18. The summed E-state index contributed by atoms with van der Waals surface area (Å²) in [5.41, 5.74) is 0.0930. The van der Waals surface area contributed by atoms with Crippen LogP contribution in [-0.2, 0) is 14.6 Å². The van der Waals surface area contributed by atoms with Gasteiger partial charge in [0.1, 0.15) is 5.82 Å². The van der Waals surface area contributed by atoms with Crippen molar-refractivity contribution in [3.63, 3.8) is 0 Å². The molecule has 0 aliphatic rings. The van der Waals surface area contributed by atoms with E-state index in [4.69, 9.17) is 0 Å². The average Bonchev–Trinajstić information content (AvgIpc) is 2.35. The number of aromatic nitrogens is 2. The van der Waals surface area contributed by atoms with Crippen LogP contribution < -0.4 is 5.32 Å². The first kappa shape index (κ1) is 15.4. The molecule has 1 aromatic rings. The number of hydrogen-bond donors (Lipinski definition) is 1. The first-order chi connectivity index (χ1) is 8.67. The molecule has 1 rings (SSSR count). The second kappa shape index (κ2) is 5.52. The fourth-order valence-electron chi connectivity index (χ4n) is 1.07. The van der Waals surface area contributed by atoms with Crippen LogP contribution >= 0.6 is 0 Å². The van der Waals surface area contributed by atoms with Gasteiger partial charge in [-0.15, -0.1) is 10.2 Å². The van der Waals surface area contributed by atoms with Gasteiger partial charge in [-0.25, -0.2) is 13.2 Å². The van der Waals surface area contributed by atoms with E-state index in [-0.39, 0.29) is 12.2 Å². The Morgan fingerprint density at radius 3 is 2.42 bits per heavy atom. The molecule has 0 aliphatic heterocycles. The number of anilines is 1. The second-order valence-corrected chi connectivity index (χ2v) is 7.33. The van der Waals surface area contributed by atoms with Crippen molar-refractivity contribution in [2.75, 3.05) is 25.2 Å². The predicted octanol–water partition coefficient (Wildman–Crippen LogP) is 0.498. The van der Waals surface area contributed by atoms with Crippen LogP contribution in [0.3, 0.4) is 0 Å². The summed E-state index contributed by atoms with van der Waals surface area (Å²) in [7, 11) is -1.93. The van der Waals surface area contributed by atoms with Gasteiger partial charge in [0.15, 0.2) is 15.5 Å². The Bertz CT molecular complexity index is 552. The summed E-state index contributed by atoms with van der Waals surface area (Å²) < 4.78 is 26.6. The smallest absolute Gasteiger partial charge is 0.358 e. The molecule has 1 heterocycles. The lowest BCUT2D eigenvalue weighted by Gasteiger charge is -2.22. The van der Waals surface area contributed by atoms with E-state index in [2.05, 4.69) is 20.3 Å². The highest BCUT2D eigenvalue weighted by molar-refractivity contribution is 7.92. The first-order valence-electron chi connectivity index (χ1n) is 5.53. The Morgan fingerprint density at radius 2 is 2.00 bits per heavy atom. The molecule has 19 heavy (non-hydrogen) atoms. The number of rotatable bonds is 5. The molecule has 0 fully saturated rings. The maximum atomic E-state index is 11.5. The largest absolute Gasteiger partial charge is 0.464 e. The van der Waals surface area contributed by atoms with Crippen LogP contribution in [0.25, 0.3) is 0 Å². The third-order valence-corrected chi connectivity index (χ3v) is 4.91. The molecule has 0 radical (unpaired) electrons. The second-order valence-electron chi connectivity index (χ2n) is 4.68. The normalized spacial score (nSPS) is 12.0. The summed E-state index contributed by atoms with van der Waals surface area (Å²) in [5, 5.41) is 10.3. The van der Waals surface area contributed by atoms with Gasteiger partial charge in [0.2, 0.25) is 0 Å². The van der Waals surface area contributed by atoms with Crippen molar-refractivity contribution < 1.29 is 17.9 Å². The Balaban J connectivity index is 2.72. The Morgan fingerprint density at radius 1 is 1.37 bits per heavy atom. The van der Waals surface area contributed by atoms with E-state index in [1.165, 1.54) is 25.5 Å². The highest BCUT2D eigenvalue weighted by Gasteiger charge is 2.29. The summed E-state index contributed by atoms with van der Waals surface area (Å²) in [6.45, 7) is 3.43. The molecule has 0 aromatic carbocycles. The maximum absolute atomic E-state index is 11.5. The van der Waals surface area contributed by atoms with E-state index in [1.54, 1.807) is 13.8 Å². The van der Waals surface area contributed by atoms with Crippen LogP contribution in [0.4, 0.5) is 5.82 Å². The van der Waals surface area contributed by atoms with Gasteiger partial charge in [-0.05, 0) is 26.0 Å². The van der Waals surface area contributed by atoms with Gasteiger partial charge in [-0.1, -0.05) is 0 Å². The molecule has 0 spiro atoms. The molecule has 0 unspecified atom stereocenters. The quantitative estimate of drug-likeness (QED) is 0.787. The van der Waals surface area contributed by atoms with Crippen LogP contribution in [0.2, 0.25) is 0 Å². The van der Waals surface area contributed by atoms with Crippen molar-refractivity contribution in [2.24, 2.45) is 0 Å². The van der Waals surface area contributed by atoms with Gasteiger partial charge in [-0.3, -0.25) is 0 Å². The van der Waals surface area contributed by atoms with Crippen LogP contribution in [0.15, 0.2) is 12.1 Å². The van der Waals surface area contributed by atoms with E-state index in [0.29, 0.717) is 5.82 Å². The van der Waals surface area contributed by atoms with Crippen LogP contribution in [-0.4, -0.2) is 49.2 Å². The topological polar surface area (TPSA) is 98.2 Å². The van der Waals surface area contributed by atoms with E-state index >= 15 is 0 Å². The molecule has 0 amide bonds. The molecule has 106 valence electrons. The lowest BCUT2D eigenvalue weighted by atomic mass is 10.2. The summed E-state index contributed by atoms with van der Waals surface area (Å²) in [6, 6.07) is 2.99. The fourth-order valence-corrected chi connectivity index (χ4v) is 1.41. The minimum absolute atomic E-state index is 0.0930. The average molecular weight is 287 g/mol. The standard InChI is InChI=1S/C11H17N3O4S/c1-11(2,19(4,16)17)7-12-9-6-5-8(13-14-9)10(15)18-3/h5-6H,7H2,1-4H3,(H,12,14). The van der Waals surface area contributed by atoms with E-state index in [9.17, 15) is 13.2 Å². The molecule has 0 aliphatic carbocycles. The van der Waals surface area contributed by atoms with Crippen LogP contribution in [0.5, 0.6) is 0 Å². The van der Waals surface area contributed by atoms with E-state index in [0.717, 1.165) is 0 Å². The molecule has 1 aromatic heterocycles. The van der Waals surface area contributed by atoms with Crippen molar-refractivity contribution in [3.8, 4) is 0 Å². The van der Waals surface area contributed by atoms with Gasteiger partial charge in [0.05, 0.1) is 11.9 Å². The molecule has 0 bridgehead atoms. The lowest BCUT2D eigenvalue weighted by Crippen LogP contribution is -2.38. The van der Waals surface area contributed by atoms with Gasteiger partial charge in [-0.2, -0.15) is 0 Å². The van der Waals surface area contributed by atoms with Gasteiger partial charge in [0, 0.05) is 12.8 Å². The van der Waals surface area contributed by atoms with Crippen molar-refractivity contribution >= 4 is 21.6 Å². The number of carbonyl (C=O) groups is 1. The Labute approximate surface area is 112 Å². The number of nitrogens with zero attached hydrogens (tertiary/aromatic N) is 2. The molecule has 0 atom stereocenters. The summed E-state index contributed by atoms with van der Waals surface area (Å²) in [5.74, 6) is -0.181. The first-order valence-corrected chi connectivity index (χ1v) is 7.42. The van der Waals surface area contributed by atoms with Crippen molar-refractivity contribution in [1.82, 2.24) is 10.2 Å². The summed E-state index contributed by atoms with van der Waals surface area (Å²) in [4.78, 5) is 11.1.